The molecule has 144 valence electrons. The first-order valence-corrected chi connectivity index (χ1v) is 10.1. The second-order valence-electron chi connectivity index (χ2n) is 5.53. The van der Waals surface area contributed by atoms with Gasteiger partial charge in [-0.3, -0.25) is 9.59 Å². The topological polar surface area (TPSA) is 173 Å². The van der Waals surface area contributed by atoms with Gasteiger partial charge in [0.2, 0.25) is 11.8 Å². The molecule has 13 heteroatoms. The number of nitrogens with one attached hydrogen (secondary N) is 2. The summed E-state index contributed by atoms with van der Waals surface area (Å²) in [6, 6.07) is 0. The van der Waals surface area contributed by atoms with Crippen LogP contribution >= 0.6 is 0 Å². The molecule has 2 atom stereocenters. The van der Waals surface area contributed by atoms with Crippen LogP contribution in [0.4, 0.5) is 0 Å². The molecule has 25 heavy (non-hydrogen) atoms. The van der Waals surface area contributed by atoms with Gasteiger partial charge >= 0.3 is 37.7 Å². The largest absolute Gasteiger partial charge is 2.00 e. The summed E-state index contributed by atoms with van der Waals surface area (Å²) in [5.41, 5.74) is 0. The molecular formula is C12H24CaN2O8S2. The zero-order valence-corrected chi connectivity index (χ0v) is 18.6. The number of carbonyl (C=O) groups is 2. The van der Waals surface area contributed by atoms with Crippen molar-refractivity contribution in [3.63, 3.8) is 0 Å². The molecule has 0 aliphatic heterocycles. The van der Waals surface area contributed by atoms with Gasteiger partial charge in [-0.05, 0) is 11.8 Å². The summed E-state index contributed by atoms with van der Waals surface area (Å²) in [4.78, 5) is 20.8. The van der Waals surface area contributed by atoms with Gasteiger partial charge in [0, 0.05) is 38.4 Å². The van der Waals surface area contributed by atoms with Gasteiger partial charge in [-0.2, -0.15) is 0 Å². The van der Waals surface area contributed by atoms with E-state index in [4.69, 9.17) is 0 Å². The van der Waals surface area contributed by atoms with E-state index in [0.717, 1.165) is 0 Å². The smallest absolute Gasteiger partial charge is 0.748 e. The van der Waals surface area contributed by atoms with Crippen LogP contribution in [0, 0.1) is 11.8 Å². The summed E-state index contributed by atoms with van der Waals surface area (Å²) in [6.07, 6.45) is 0. The second-order valence-corrected chi connectivity index (χ2v) is 8.43. The normalized spacial score (nSPS) is 13.4. The van der Waals surface area contributed by atoms with Crippen LogP contribution < -0.4 is 10.6 Å². The second kappa shape index (κ2) is 14.1. The molecule has 0 heterocycles. The molecular weight excluding hydrogens is 404 g/mol. The Kier molecular flexibility index (Phi) is 16.8. The number of hydrogen-bond acceptors (Lipinski definition) is 8. The molecule has 2 unspecified atom stereocenters. The Balaban J connectivity index is -0.000000372. The van der Waals surface area contributed by atoms with Crippen LogP contribution in [0.25, 0.3) is 0 Å². The quantitative estimate of drug-likeness (QED) is 0.337. The van der Waals surface area contributed by atoms with Gasteiger partial charge in [0.15, 0.2) is 0 Å². The van der Waals surface area contributed by atoms with Crippen LogP contribution in [0.1, 0.15) is 27.7 Å². The first kappa shape index (κ1) is 29.8. The molecule has 0 bridgehead atoms. The van der Waals surface area contributed by atoms with E-state index in [1.807, 2.05) is 0 Å². The monoisotopic (exact) mass is 428 g/mol. The predicted octanol–water partition coefficient (Wildman–Crippen LogP) is -1.77. The Labute approximate surface area is 179 Å². The van der Waals surface area contributed by atoms with E-state index in [0.29, 0.717) is 0 Å². The van der Waals surface area contributed by atoms with E-state index in [1.165, 1.54) is 13.8 Å². The standard InChI is InChI=1S/2C6H13NO4S.Ca/c2*1-5(3-7-6(2)8)4-12(9,10)11;/h2*5H,3-4H2,1-2H3,(H,7,8)(H,9,10,11);/q;;+2/p-2. The third kappa shape index (κ3) is 29.1. The summed E-state index contributed by atoms with van der Waals surface area (Å²) in [7, 11) is -8.35. The maximum Gasteiger partial charge on any atom is 2.00 e. The summed E-state index contributed by atoms with van der Waals surface area (Å²) < 4.78 is 61.3. The predicted molar refractivity (Wildman–Crippen MR) is 90.6 cm³/mol. The van der Waals surface area contributed by atoms with Crippen molar-refractivity contribution in [1.29, 1.82) is 0 Å². The summed E-state index contributed by atoms with van der Waals surface area (Å²) in [5, 5.41) is 4.85. The van der Waals surface area contributed by atoms with E-state index in [-0.39, 0.29) is 74.5 Å². The minimum Gasteiger partial charge on any atom is -0.748 e. The van der Waals surface area contributed by atoms with E-state index in [9.17, 15) is 35.5 Å². The average molecular weight is 429 g/mol. The van der Waals surface area contributed by atoms with Crippen LogP contribution in [0.3, 0.4) is 0 Å². The van der Waals surface area contributed by atoms with E-state index in [2.05, 4.69) is 10.6 Å². The third-order valence-electron chi connectivity index (χ3n) is 2.38. The molecule has 0 radical (unpaired) electrons. The average Bonchev–Trinajstić information content (AvgIpc) is 2.30. The van der Waals surface area contributed by atoms with Crippen LogP contribution in [-0.2, 0) is 29.8 Å². The van der Waals surface area contributed by atoms with Crippen LogP contribution in [0.5, 0.6) is 0 Å². The fourth-order valence-electron chi connectivity index (χ4n) is 1.45. The Morgan fingerprint density at radius 1 is 0.800 bits per heavy atom. The van der Waals surface area contributed by atoms with Crippen molar-refractivity contribution in [2.45, 2.75) is 27.7 Å². The van der Waals surface area contributed by atoms with Gasteiger partial charge < -0.3 is 19.7 Å². The van der Waals surface area contributed by atoms with Gasteiger partial charge in [-0.15, -0.1) is 0 Å². The molecule has 0 aromatic carbocycles. The van der Waals surface area contributed by atoms with Crippen molar-refractivity contribution in [2.24, 2.45) is 11.8 Å². The van der Waals surface area contributed by atoms with E-state index >= 15 is 0 Å². The minimum absolute atomic E-state index is 0. The molecule has 0 aromatic heterocycles. The first-order chi connectivity index (χ1) is 10.6. The zero-order chi connectivity index (χ0) is 19.6. The minimum atomic E-state index is -4.17. The molecule has 0 rings (SSSR count). The Morgan fingerprint density at radius 3 is 1.20 bits per heavy atom. The molecule has 0 aliphatic rings. The third-order valence-corrected chi connectivity index (χ3v) is 4.33. The molecule has 2 N–H and O–H groups in total. The van der Waals surface area contributed by atoms with Crippen molar-refractivity contribution in [2.75, 3.05) is 24.6 Å². The zero-order valence-electron chi connectivity index (χ0n) is 14.8. The Hall–Kier alpha value is 0.0197. The SMILES string of the molecule is CC(=O)NCC(C)CS(=O)(=O)[O-].CC(=O)NCC(C)CS(=O)(=O)[O-].[Ca+2]. The van der Waals surface area contributed by atoms with Gasteiger partial charge in [-0.25, -0.2) is 16.8 Å². The van der Waals surface area contributed by atoms with Crippen molar-refractivity contribution < 1.29 is 35.5 Å². The van der Waals surface area contributed by atoms with E-state index in [1.54, 1.807) is 13.8 Å². The summed E-state index contributed by atoms with van der Waals surface area (Å²) >= 11 is 0. The maximum atomic E-state index is 10.4. The van der Waals surface area contributed by atoms with Crippen molar-refractivity contribution >= 4 is 69.8 Å². The van der Waals surface area contributed by atoms with Gasteiger partial charge in [0.1, 0.15) is 0 Å². The fourth-order valence-corrected chi connectivity index (χ4v) is 3.08. The number of amides is 2. The van der Waals surface area contributed by atoms with Crippen LogP contribution in [-0.4, -0.2) is 100 Å². The molecule has 0 saturated carbocycles. The number of carbonyl (C=O) groups excluding carboxylic acids is 2. The molecule has 10 nitrogen and oxygen atoms in total. The molecule has 0 aliphatic carbocycles. The first-order valence-electron chi connectivity index (χ1n) is 6.98. The fraction of sp³-hybridized carbons (Fsp3) is 0.833. The summed E-state index contributed by atoms with van der Waals surface area (Å²) in [6.45, 7) is 6.28. The molecule has 2 amide bonds. The maximum absolute atomic E-state index is 10.4. The number of rotatable bonds is 8. The number of hydrogen-bond donors (Lipinski definition) is 2. The molecule has 0 aromatic rings. The van der Waals surface area contributed by atoms with Crippen LogP contribution in [0.15, 0.2) is 0 Å². The Morgan fingerprint density at radius 2 is 1.04 bits per heavy atom. The van der Waals surface area contributed by atoms with Gasteiger partial charge in [-0.1, -0.05) is 13.8 Å². The van der Waals surface area contributed by atoms with Gasteiger partial charge in [0.05, 0.1) is 20.2 Å². The van der Waals surface area contributed by atoms with Crippen LogP contribution in [0.2, 0.25) is 0 Å². The molecule has 0 fully saturated rings. The van der Waals surface area contributed by atoms with Crippen molar-refractivity contribution in [1.82, 2.24) is 10.6 Å². The van der Waals surface area contributed by atoms with Crippen molar-refractivity contribution in [3.05, 3.63) is 0 Å². The van der Waals surface area contributed by atoms with Gasteiger partial charge in [0.25, 0.3) is 0 Å². The van der Waals surface area contributed by atoms with E-state index < -0.39 is 31.7 Å². The molecule has 0 saturated heterocycles. The summed E-state index contributed by atoms with van der Waals surface area (Å²) in [5.74, 6) is -2.01. The molecule has 0 spiro atoms. The van der Waals surface area contributed by atoms with Crippen molar-refractivity contribution in [3.8, 4) is 0 Å². The Bertz CT molecular complexity index is 553.